The number of sulfonamides is 1. The Hall–Kier alpha value is -2.00. The fraction of sp³-hybridized carbons (Fsp3) is 0.652. The van der Waals surface area contributed by atoms with E-state index in [1.807, 2.05) is 0 Å². The summed E-state index contributed by atoms with van der Waals surface area (Å²) in [7, 11) is -3.99. The molecule has 9 heteroatoms. The molecule has 0 saturated heterocycles. The molecule has 0 aliphatic heterocycles. The second kappa shape index (κ2) is 7.80. The number of carbonyl (C=O) groups excluding carboxylic acids is 2. The Morgan fingerprint density at radius 2 is 1.81 bits per heavy atom. The Balaban J connectivity index is 1.40. The summed E-state index contributed by atoms with van der Waals surface area (Å²) in [5.41, 5.74) is 4.60. The van der Waals surface area contributed by atoms with Crippen molar-refractivity contribution < 1.29 is 22.4 Å². The highest BCUT2D eigenvalue weighted by molar-refractivity contribution is 7.89. The van der Waals surface area contributed by atoms with Gasteiger partial charge in [-0.25, -0.2) is 17.5 Å². The zero-order chi connectivity index (χ0) is 23.5. The largest absolute Gasteiger partial charge is 0.369 e. The molecule has 0 heterocycles. The van der Waals surface area contributed by atoms with Crippen LogP contribution in [0.5, 0.6) is 0 Å². The van der Waals surface area contributed by atoms with Crippen molar-refractivity contribution >= 4 is 21.8 Å². The van der Waals surface area contributed by atoms with E-state index in [0.29, 0.717) is 11.5 Å². The average molecular weight is 466 g/mol. The van der Waals surface area contributed by atoms with Crippen molar-refractivity contribution in [2.75, 3.05) is 0 Å². The van der Waals surface area contributed by atoms with Gasteiger partial charge in [-0.05, 0) is 88.3 Å². The van der Waals surface area contributed by atoms with Crippen molar-refractivity contribution in [3.8, 4) is 0 Å². The van der Waals surface area contributed by atoms with E-state index >= 15 is 0 Å². The molecule has 0 spiro atoms. The summed E-state index contributed by atoms with van der Waals surface area (Å²) in [4.78, 5) is 24.8. The maximum Gasteiger partial charge on any atom is 0.241 e. The molecule has 4 N–H and O–H groups in total. The second-order valence-corrected chi connectivity index (χ2v) is 12.5. The van der Waals surface area contributed by atoms with Crippen molar-refractivity contribution in [2.24, 2.45) is 28.9 Å². The lowest BCUT2D eigenvalue weighted by molar-refractivity contribution is -0.147. The lowest BCUT2D eigenvalue weighted by Crippen LogP contribution is -2.62. The van der Waals surface area contributed by atoms with E-state index < -0.39 is 26.8 Å². The van der Waals surface area contributed by atoms with Gasteiger partial charge in [0.05, 0.1) is 4.90 Å². The number of benzene rings is 1. The Morgan fingerprint density at radius 1 is 1.19 bits per heavy atom. The van der Waals surface area contributed by atoms with Crippen LogP contribution in [0.2, 0.25) is 0 Å². The highest BCUT2D eigenvalue weighted by atomic mass is 32.2. The molecule has 2 amide bonds. The molecule has 4 aliphatic rings. The Bertz CT molecular complexity index is 1040. The van der Waals surface area contributed by atoms with E-state index in [-0.39, 0.29) is 41.0 Å². The molecule has 32 heavy (non-hydrogen) atoms. The van der Waals surface area contributed by atoms with Gasteiger partial charge in [0.2, 0.25) is 21.8 Å². The lowest BCUT2D eigenvalue weighted by atomic mass is 9.47. The van der Waals surface area contributed by atoms with E-state index in [1.54, 1.807) is 20.8 Å². The normalized spacial score (nSPS) is 31.5. The van der Waals surface area contributed by atoms with Crippen molar-refractivity contribution in [3.05, 3.63) is 29.6 Å². The van der Waals surface area contributed by atoms with Gasteiger partial charge in [0, 0.05) is 23.4 Å². The molecular weight excluding hydrogens is 433 g/mol. The number of amides is 2. The van der Waals surface area contributed by atoms with Crippen LogP contribution in [0.15, 0.2) is 23.1 Å². The summed E-state index contributed by atoms with van der Waals surface area (Å²) in [6.07, 6.45) is 4.23. The van der Waals surface area contributed by atoms with Crippen molar-refractivity contribution in [1.29, 1.82) is 0 Å². The van der Waals surface area contributed by atoms with E-state index in [4.69, 9.17) is 5.73 Å². The Labute approximate surface area is 188 Å². The SMILES string of the molecule is Cc1ccc(S(=O)(=O)NC(C)(C)CC(=O)NC2C3CC4CC2CC(C(N)=O)(C4)C3)cc1F. The van der Waals surface area contributed by atoms with Gasteiger partial charge in [0.25, 0.3) is 0 Å². The van der Waals surface area contributed by atoms with Gasteiger partial charge in [-0.2, -0.15) is 0 Å². The third-order valence-corrected chi connectivity index (χ3v) is 9.29. The van der Waals surface area contributed by atoms with Crippen LogP contribution in [-0.4, -0.2) is 31.8 Å². The van der Waals surface area contributed by atoms with Crippen LogP contribution in [0.3, 0.4) is 0 Å². The monoisotopic (exact) mass is 465 g/mol. The number of nitrogens with one attached hydrogen (secondary N) is 2. The first kappa shape index (κ1) is 23.2. The molecule has 4 aliphatic carbocycles. The third kappa shape index (κ3) is 4.29. The summed E-state index contributed by atoms with van der Waals surface area (Å²) >= 11 is 0. The molecular formula is C23H32FN3O4S. The van der Waals surface area contributed by atoms with Crippen LogP contribution in [0.4, 0.5) is 4.39 Å². The zero-order valence-electron chi connectivity index (χ0n) is 18.8. The quantitative estimate of drug-likeness (QED) is 0.573. The van der Waals surface area contributed by atoms with Gasteiger partial charge in [-0.1, -0.05) is 6.07 Å². The molecule has 1 aromatic carbocycles. The maximum absolute atomic E-state index is 13.8. The average Bonchev–Trinajstić information content (AvgIpc) is 2.64. The molecule has 4 saturated carbocycles. The summed E-state index contributed by atoms with van der Waals surface area (Å²) in [6.45, 7) is 4.82. The standard InChI is InChI=1S/C23H32FN3O4S/c1-13-4-5-17(8-18(13)24)32(30,31)27-22(2,3)12-19(28)26-20-15-6-14-7-16(20)11-23(9-14,10-15)21(25)29/h4-5,8,14-16,20,27H,6-7,9-12H2,1-3H3,(H2,25,29)(H,26,28). The Morgan fingerprint density at radius 3 is 2.38 bits per heavy atom. The maximum atomic E-state index is 13.8. The molecule has 0 radical (unpaired) electrons. The van der Waals surface area contributed by atoms with Crippen LogP contribution in [-0.2, 0) is 19.6 Å². The van der Waals surface area contributed by atoms with Gasteiger partial charge >= 0.3 is 0 Å². The van der Waals surface area contributed by atoms with Gasteiger partial charge in [0.1, 0.15) is 5.82 Å². The molecule has 1 aromatic rings. The number of halogens is 1. The summed E-state index contributed by atoms with van der Waals surface area (Å²) in [5, 5.41) is 3.13. The fourth-order valence-corrected chi connectivity index (χ4v) is 7.82. The lowest BCUT2D eigenvalue weighted by Gasteiger charge is -2.58. The minimum absolute atomic E-state index is 0.00914. The van der Waals surface area contributed by atoms with Crippen LogP contribution in [0.1, 0.15) is 57.9 Å². The van der Waals surface area contributed by atoms with E-state index in [1.165, 1.54) is 12.1 Å². The minimum Gasteiger partial charge on any atom is -0.369 e. The molecule has 2 unspecified atom stereocenters. The molecule has 2 atom stereocenters. The molecule has 4 fully saturated rings. The fourth-order valence-electron chi connectivity index (χ4n) is 6.40. The van der Waals surface area contributed by atoms with Gasteiger partial charge in [-0.3, -0.25) is 9.59 Å². The number of hydrogen-bond donors (Lipinski definition) is 3. The highest BCUT2D eigenvalue weighted by Crippen LogP contribution is 2.59. The van der Waals surface area contributed by atoms with E-state index in [0.717, 1.165) is 38.2 Å². The van der Waals surface area contributed by atoms with Crippen LogP contribution in [0.25, 0.3) is 0 Å². The number of hydrogen-bond acceptors (Lipinski definition) is 4. The first-order valence-electron chi connectivity index (χ1n) is 11.2. The molecule has 0 aromatic heterocycles. The number of primary amides is 1. The highest BCUT2D eigenvalue weighted by Gasteiger charge is 2.58. The predicted octanol–water partition coefficient (Wildman–Crippen LogP) is 2.38. The number of rotatable bonds is 7. The van der Waals surface area contributed by atoms with Gasteiger partial charge in [0.15, 0.2) is 0 Å². The molecule has 7 nitrogen and oxygen atoms in total. The van der Waals surface area contributed by atoms with Crippen LogP contribution < -0.4 is 15.8 Å². The van der Waals surface area contributed by atoms with Crippen LogP contribution in [0, 0.1) is 35.9 Å². The topological polar surface area (TPSA) is 118 Å². The first-order valence-corrected chi connectivity index (χ1v) is 12.7. The van der Waals surface area contributed by atoms with E-state index in [9.17, 15) is 22.4 Å². The first-order chi connectivity index (χ1) is 14.8. The second-order valence-electron chi connectivity index (χ2n) is 10.8. The Kier molecular flexibility index (Phi) is 5.65. The van der Waals surface area contributed by atoms with Crippen molar-refractivity contribution in [1.82, 2.24) is 10.0 Å². The molecule has 4 bridgehead atoms. The van der Waals surface area contributed by atoms with E-state index in [2.05, 4.69) is 10.0 Å². The number of nitrogens with two attached hydrogens (primary N) is 1. The molecule has 176 valence electrons. The zero-order valence-corrected chi connectivity index (χ0v) is 19.6. The summed E-state index contributed by atoms with van der Waals surface area (Å²) in [5.74, 6) is -0.102. The minimum atomic E-state index is -3.99. The molecule has 5 rings (SSSR count). The van der Waals surface area contributed by atoms with Gasteiger partial charge < -0.3 is 11.1 Å². The summed E-state index contributed by atoms with van der Waals surface area (Å²) < 4.78 is 41.8. The number of aryl methyl sites for hydroxylation is 1. The smallest absolute Gasteiger partial charge is 0.241 e. The van der Waals surface area contributed by atoms with Crippen LogP contribution >= 0.6 is 0 Å². The predicted molar refractivity (Wildman–Crippen MR) is 117 cm³/mol. The van der Waals surface area contributed by atoms with Crippen molar-refractivity contribution in [2.45, 2.75) is 75.8 Å². The third-order valence-electron chi connectivity index (χ3n) is 7.59. The summed E-state index contributed by atoms with van der Waals surface area (Å²) in [6, 6.07) is 3.73. The van der Waals surface area contributed by atoms with Gasteiger partial charge in [-0.15, -0.1) is 0 Å². The van der Waals surface area contributed by atoms with Crippen molar-refractivity contribution in [3.63, 3.8) is 0 Å². The number of carbonyl (C=O) groups is 2.